The van der Waals surface area contributed by atoms with Gasteiger partial charge in [-0.2, -0.15) is 0 Å². The zero-order valence-corrected chi connectivity index (χ0v) is 22.9. The standard InChI is InChI=1S/C30H41N3O3/c1-8-9-18-32(27(34)19-21(2)20-30(4,5)6)22(3)28-31-24-15-11-10-14-23(24)29(35)33(28)25-16-12-13-17-26(25)36-7/h10-17,21-22H,8-9,18-20H2,1-7H3. The van der Waals surface area contributed by atoms with Gasteiger partial charge < -0.3 is 9.64 Å². The van der Waals surface area contributed by atoms with E-state index in [0.717, 1.165) is 19.3 Å². The summed E-state index contributed by atoms with van der Waals surface area (Å²) < 4.78 is 7.23. The molecule has 0 saturated heterocycles. The molecule has 2 unspecified atom stereocenters. The van der Waals surface area contributed by atoms with Crippen molar-refractivity contribution < 1.29 is 9.53 Å². The number of methoxy groups -OCH3 is 1. The molecule has 0 bridgehead atoms. The quantitative estimate of drug-likeness (QED) is 0.323. The lowest BCUT2D eigenvalue weighted by Crippen LogP contribution is -2.39. The van der Waals surface area contributed by atoms with Crippen LogP contribution in [0, 0.1) is 11.3 Å². The van der Waals surface area contributed by atoms with E-state index in [-0.39, 0.29) is 22.8 Å². The molecule has 3 rings (SSSR count). The Morgan fingerprint density at radius 2 is 1.75 bits per heavy atom. The Kier molecular flexibility index (Phi) is 8.93. The molecular weight excluding hydrogens is 450 g/mol. The summed E-state index contributed by atoms with van der Waals surface area (Å²) in [6.07, 6.45) is 3.29. The van der Waals surface area contributed by atoms with Gasteiger partial charge in [-0.15, -0.1) is 0 Å². The number of fused-ring (bicyclic) bond motifs is 1. The van der Waals surface area contributed by atoms with Crippen molar-refractivity contribution in [1.82, 2.24) is 14.5 Å². The Bertz CT molecular complexity index is 1240. The van der Waals surface area contributed by atoms with Crippen LogP contribution < -0.4 is 10.3 Å². The van der Waals surface area contributed by atoms with Gasteiger partial charge in [0, 0.05) is 13.0 Å². The van der Waals surface area contributed by atoms with E-state index in [0.29, 0.717) is 41.1 Å². The van der Waals surface area contributed by atoms with Crippen molar-refractivity contribution in [2.75, 3.05) is 13.7 Å². The highest BCUT2D eigenvalue weighted by Crippen LogP contribution is 2.30. The van der Waals surface area contributed by atoms with E-state index in [2.05, 4.69) is 34.6 Å². The maximum Gasteiger partial charge on any atom is 0.266 e. The molecule has 2 atom stereocenters. The third-order valence-electron chi connectivity index (χ3n) is 6.53. The molecule has 2 aromatic carbocycles. The number of carbonyl (C=O) groups is 1. The van der Waals surface area contributed by atoms with Crippen LogP contribution in [0.4, 0.5) is 0 Å². The number of carbonyl (C=O) groups excluding carboxylic acids is 1. The Labute approximate surface area is 215 Å². The first-order valence-electron chi connectivity index (χ1n) is 13.0. The van der Waals surface area contributed by atoms with Crippen molar-refractivity contribution in [2.24, 2.45) is 11.3 Å². The Morgan fingerprint density at radius 1 is 1.08 bits per heavy atom. The first kappa shape index (κ1) is 27.4. The zero-order chi connectivity index (χ0) is 26.5. The summed E-state index contributed by atoms with van der Waals surface area (Å²) in [4.78, 5) is 34.4. The van der Waals surface area contributed by atoms with Crippen molar-refractivity contribution in [1.29, 1.82) is 0 Å². The van der Waals surface area contributed by atoms with Crippen molar-refractivity contribution in [3.05, 3.63) is 64.7 Å². The Morgan fingerprint density at radius 3 is 2.42 bits per heavy atom. The third-order valence-corrected chi connectivity index (χ3v) is 6.53. The summed E-state index contributed by atoms with van der Waals surface area (Å²) in [5, 5.41) is 0.532. The second-order valence-electron chi connectivity index (χ2n) is 11.0. The lowest BCUT2D eigenvalue weighted by Gasteiger charge is -2.32. The molecule has 194 valence electrons. The minimum Gasteiger partial charge on any atom is -0.495 e. The number of nitrogens with zero attached hydrogens (tertiary/aromatic N) is 3. The number of hydrogen-bond acceptors (Lipinski definition) is 4. The molecule has 0 aliphatic rings. The predicted octanol–water partition coefficient (Wildman–Crippen LogP) is 6.55. The molecule has 0 N–H and O–H groups in total. The molecule has 1 aromatic heterocycles. The predicted molar refractivity (Wildman–Crippen MR) is 147 cm³/mol. The van der Waals surface area contributed by atoms with E-state index < -0.39 is 6.04 Å². The molecule has 3 aromatic rings. The minimum absolute atomic E-state index is 0.0988. The second-order valence-corrected chi connectivity index (χ2v) is 11.0. The van der Waals surface area contributed by atoms with Gasteiger partial charge in [-0.05, 0) is 55.4 Å². The van der Waals surface area contributed by atoms with Crippen LogP contribution in [-0.4, -0.2) is 34.0 Å². The zero-order valence-electron chi connectivity index (χ0n) is 22.9. The van der Waals surface area contributed by atoms with Gasteiger partial charge >= 0.3 is 0 Å². The topological polar surface area (TPSA) is 64.4 Å². The third kappa shape index (κ3) is 6.34. The number of hydrogen-bond donors (Lipinski definition) is 0. The number of para-hydroxylation sites is 3. The van der Waals surface area contributed by atoms with E-state index in [1.807, 2.05) is 54.3 Å². The number of unbranched alkanes of at least 4 members (excludes halogenated alkanes) is 1. The largest absolute Gasteiger partial charge is 0.495 e. The first-order valence-corrected chi connectivity index (χ1v) is 13.0. The monoisotopic (exact) mass is 491 g/mol. The number of rotatable bonds is 10. The summed E-state index contributed by atoms with van der Waals surface area (Å²) in [7, 11) is 1.59. The SMILES string of the molecule is CCCCN(C(=O)CC(C)CC(C)(C)C)C(C)c1nc2ccccc2c(=O)n1-c1ccccc1OC. The molecule has 0 spiro atoms. The normalized spacial score (nSPS) is 13.4. The molecule has 0 aliphatic heterocycles. The van der Waals surface area contributed by atoms with E-state index in [1.54, 1.807) is 17.7 Å². The van der Waals surface area contributed by atoms with E-state index >= 15 is 0 Å². The highest BCUT2D eigenvalue weighted by molar-refractivity contribution is 5.79. The molecular formula is C30H41N3O3. The number of aromatic nitrogens is 2. The molecule has 0 aliphatic carbocycles. The molecule has 36 heavy (non-hydrogen) atoms. The van der Waals surface area contributed by atoms with Gasteiger partial charge in [0.2, 0.25) is 5.91 Å². The summed E-state index contributed by atoms with van der Waals surface area (Å²) in [6, 6.07) is 14.4. The van der Waals surface area contributed by atoms with E-state index in [1.165, 1.54) is 0 Å². The van der Waals surface area contributed by atoms with Gasteiger partial charge in [-0.25, -0.2) is 4.98 Å². The van der Waals surface area contributed by atoms with Crippen molar-refractivity contribution in [3.63, 3.8) is 0 Å². The summed E-state index contributed by atoms with van der Waals surface area (Å²) >= 11 is 0. The van der Waals surface area contributed by atoms with E-state index in [9.17, 15) is 9.59 Å². The summed E-state index contributed by atoms with van der Waals surface area (Å²) in [5.74, 6) is 1.47. The van der Waals surface area contributed by atoms with Crippen LogP contribution in [-0.2, 0) is 4.79 Å². The lowest BCUT2D eigenvalue weighted by atomic mass is 9.84. The van der Waals surface area contributed by atoms with Gasteiger partial charge in [0.05, 0.1) is 29.7 Å². The Balaban J connectivity index is 2.14. The maximum absolute atomic E-state index is 13.8. The van der Waals surface area contributed by atoms with Gasteiger partial charge in [0.15, 0.2) is 0 Å². The van der Waals surface area contributed by atoms with Crippen LogP contribution in [0.3, 0.4) is 0 Å². The van der Waals surface area contributed by atoms with Crippen LogP contribution >= 0.6 is 0 Å². The molecule has 0 saturated carbocycles. The fraction of sp³-hybridized carbons (Fsp3) is 0.500. The van der Waals surface area contributed by atoms with Gasteiger partial charge in [0.25, 0.3) is 5.56 Å². The summed E-state index contributed by atoms with van der Waals surface area (Å²) in [5.41, 5.74) is 1.23. The van der Waals surface area contributed by atoms with Gasteiger partial charge in [-0.1, -0.05) is 65.3 Å². The molecule has 0 radical (unpaired) electrons. The summed E-state index contributed by atoms with van der Waals surface area (Å²) in [6.45, 7) is 13.5. The fourth-order valence-corrected chi connectivity index (χ4v) is 5.01. The first-order chi connectivity index (χ1) is 17.1. The van der Waals surface area contributed by atoms with Crippen molar-refractivity contribution >= 4 is 16.8 Å². The maximum atomic E-state index is 13.8. The van der Waals surface area contributed by atoms with Crippen LogP contribution in [0.2, 0.25) is 0 Å². The molecule has 1 heterocycles. The fourth-order valence-electron chi connectivity index (χ4n) is 5.01. The van der Waals surface area contributed by atoms with Crippen molar-refractivity contribution in [2.45, 2.75) is 73.3 Å². The van der Waals surface area contributed by atoms with E-state index in [4.69, 9.17) is 9.72 Å². The van der Waals surface area contributed by atoms with Crippen molar-refractivity contribution in [3.8, 4) is 11.4 Å². The Hall–Kier alpha value is -3.15. The molecule has 6 heteroatoms. The molecule has 1 amide bonds. The molecule has 0 fully saturated rings. The molecule has 6 nitrogen and oxygen atoms in total. The minimum atomic E-state index is -0.395. The van der Waals surface area contributed by atoms with Crippen LogP contribution in [0.15, 0.2) is 53.3 Å². The highest BCUT2D eigenvalue weighted by Gasteiger charge is 2.29. The lowest BCUT2D eigenvalue weighted by molar-refractivity contribution is -0.134. The van der Waals surface area contributed by atoms with Crippen LogP contribution in [0.1, 0.15) is 79.1 Å². The number of ether oxygens (including phenoxy) is 1. The van der Waals surface area contributed by atoms with Crippen LogP contribution in [0.25, 0.3) is 16.6 Å². The highest BCUT2D eigenvalue weighted by atomic mass is 16.5. The smallest absolute Gasteiger partial charge is 0.266 e. The number of benzene rings is 2. The average Bonchev–Trinajstić information content (AvgIpc) is 2.82. The van der Waals surface area contributed by atoms with Crippen LogP contribution in [0.5, 0.6) is 5.75 Å². The number of amides is 1. The average molecular weight is 492 g/mol. The second kappa shape index (κ2) is 11.7. The van der Waals surface area contributed by atoms with Gasteiger partial charge in [-0.3, -0.25) is 14.2 Å². The van der Waals surface area contributed by atoms with Gasteiger partial charge in [0.1, 0.15) is 11.6 Å².